The number of Topliss-reactive ketones (excluding diaryl/α,β-unsaturated/α-hetero) is 1. The summed E-state index contributed by atoms with van der Waals surface area (Å²) in [5, 5.41) is 9.98. The molecule has 0 radical (unpaired) electrons. The van der Waals surface area contributed by atoms with Gasteiger partial charge in [-0.15, -0.1) is 0 Å². The fourth-order valence-corrected chi connectivity index (χ4v) is 3.92. The highest BCUT2D eigenvalue weighted by Crippen LogP contribution is 2.29. The Hall–Kier alpha value is -1.78. The second kappa shape index (κ2) is 10.2. The minimum atomic E-state index is -0.608. The second-order valence-electron chi connectivity index (χ2n) is 7.44. The zero-order valence-electron chi connectivity index (χ0n) is 17.5. The first-order chi connectivity index (χ1) is 14.7. The molecule has 10 heteroatoms. The second-order valence-corrected chi connectivity index (χ2v) is 8.76. The Morgan fingerprint density at radius 1 is 1.42 bits per heavy atom. The van der Waals surface area contributed by atoms with Crippen molar-refractivity contribution in [1.29, 1.82) is 0 Å². The Kier molecular flexibility index (Phi) is 7.88. The highest BCUT2D eigenvalue weighted by molar-refractivity contribution is 9.10. The molecule has 0 aliphatic carbocycles. The van der Waals surface area contributed by atoms with E-state index < -0.39 is 12.9 Å². The summed E-state index contributed by atoms with van der Waals surface area (Å²) in [6, 6.07) is 7.01. The molecule has 164 valence electrons. The van der Waals surface area contributed by atoms with Gasteiger partial charge in [0, 0.05) is 40.6 Å². The van der Waals surface area contributed by atoms with Crippen LogP contribution in [-0.4, -0.2) is 59.0 Å². The molecule has 2 aromatic carbocycles. The topological polar surface area (TPSA) is 67.6 Å². The largest absolute Gasteiger partial charge is 0.437 e. The quantitative estimate of drug-likeness (QED) is 0.268. The number of ketones is 1. The van der Waals surface area contributed by atoms with Crippen LogP contribution in [0.2, 0.25) is 11.8 Å². The van der Waals surface area contributed by atoms with Gasteiger partial charge in [-0.2, -0.15) is 0 Å². The van der Waals surface area contributed by atoms with E-state index in [1.807, 2.05) is 6.07 Å². The molecule has 0 spiro atoms. The van der Waals surface area contributed by atoms with Gasteiger partial charge in [-0.25, -0.2) is 9.37 Å². The summed E-state index contributed by atoms with van der Waals surface area (Å²) in [7, 11) is 2.89. The van der Waals surface area contributed by atoms with Gasteiger partial charge in [0.1, 0.15) is 12.1 Å². The third-order valence-corrected chi connectivity index (χ3v) is 6.05. The average molecular weight is 511 g/mol. The summed E-state index contributed by atoms with van der Waals surface area (Å²) in [6.07, 6.45) is 1.66. The number of hydrogen-bond donors (Lipinski definition) is 1. The number of benzene rings is 2. The molecule has 31 heavy (non-hydrogen) atoms. The van der Waals surface area contributed by atoms with Crippen molar-refractivity contribution < 1.29 is 18.9 Å². The standard InChI is InChI=1S/C21H23BBrClFN3O3/c1-22(30)28(3)6-7-31-11-19(29)15-10-18-21(26-12-27(18)2)20(25)16(15)8-13-4-5-14(23)9-17(13)24/h4-5,9-10,12,30H,6-8,11H2,1-3H3. The number of rotatable bonds is 9. The van der Waals surface area contributed by atoms with Crippen LogP contribution in [0.4, 0.5) is 4.39 Å². The van der Waals surface area contributed by atoms with Crippen molar-refractivity contribution in [2.24, 2.45) is 7.05 Å². The summed E-state index contributed by atoms with van der Waals surface area (Å²) in [6.45, 7) is 2.17. The lowest BCUT2D eigenvalue weighted by molar-refractivity contribution is 0.0742. The van der Waals surface area contributed by atoms with Crippen molar-refractivity contribution in [1.82, 2.24) is 14.4 Å². The maximum Gasteiger partial charge on any atom is 0.376 e. The van der Waals surface area contributed by atoms with Crippen LogP contribution >= 0.6 is 27.5 Å². The van der Waals surface area contributed by atoms with Gasteiger partial charge in [0.2, 0.25) is 0 Å². The Balaban J connectivity index is 1.90. The molecule has 0 saturated carbocycles. The van der Waals surface area contributed by atoms with Gasteiger partial charge < -0.3 is 19.1 Å². The zero-order valence-corrected chi connectivity index (χ0v) is 19.9. The number of hydrogen-bond acceptors (Lipinski definition) is 5. The van der Waals surface area contributed by atoms with Gasteiger partial charge >= 0.3 is 7.05 Å². The molecular formula is C21H23BBrClFN3O3. The van der Waals surface area contributed by atoms with Crippen LogP contribution in [0.15, 0.2) is 35.1 Å². The molecule has 3 rings (SSSR count). The number of imidazole rings is 1. The molecule has 0 bridgehead atoms. The van der Waals surface area contributed by atoms with Crippen LogP contribution in [0, 0.1) is 5.82 Å². The van der Waals surface area contributed by atoms with Crippen LogP contribution in [0.3, 0.4) is 0 Å². The van der Waals surface area contributed by atoms with Crippen LogP contribution in [-0.2, 0) is 18.2 Å². The Morgan fingerprint density at radius 3 is 2.84 bits per heavy atom. The third-order valence-electron chi connectivity index (χ3n) is 5.20. The smallest absolute Gasteiger partial charge is 0.376 e. The molecule has 0 unspecified atom stereocenters. The van der Waals surface area contributed by atoms with E-state index in [1.165, 1.54) is 6.33 Å². The first-order valence-corrected chi connectivity index (χ1v) is 10.9. The van der Waals surface area contributed by atoms with E-state index in [4.69, 9.17) is 16.3 Å². The van der Waals surface area contributed by atoms with Gasteiger partial charge in [-0.3, -0.25) is 4.79 Å². The van der Waals surface area contributed by atoms with E-state index >= 15 is 4.39 Å². The molecule has 1 N–H and O–H groups in total. The first-order valence-electron chi connectivity index (χ1n) is 9.74. The summed E-state index contributed by atoms with van der Waals surface area (Å²) >= 11 is 9.70. The molecule has 0 atom stereocenters. The Morgan fingerprint density at radius 2 is 2.16 bits per heavy atom. The summed E-state index contributed by atoms with van der Waals surface area (Å²) in [5.41, 5.74) is 1.93. The number of carbonyl (C=O) groups is 1. The fraction of sp³-hybridized carbons (Fsp3) is 0.333. The van der Waals surface area contributed by atoms with Crippen molar-refractivity contribution in [3.8, 4) is 0 Å². The highest BCUT2D eigenvalue weighted by Gasteiger charge is 2.22. The van der Waals surface area contributed by atoms with Crippen molar-refractivity contribution in [3.63, 3.8) is 0 Å². The number of aromatic nitrogens is 2. The minimum absolute atomic E-state index is 0.149. The van der Waals surface area contributed by atoms with E-state index in [9.17, 15) is 9.82 Å². The SMILES string of the molecule is CB(O)N(C)CCOCC(=O)c1cc2c(ncn2C)c(F)c1Cc1ccc(Br)cc1Cl. The van der Waals surface area contributed by atoms with Gasteiger partial charge in [-0.1, -0.05) is 33.6 Å². The van der Waals surface area contributed by atoms with Crippen molar-refractivity contribution in [3.05, 3.63) is 62.6 Å². The predicted molar refractivity (Wildman–Crippen MR) is 124 cm³/mol. The molecule has 0 saturated heterocycles. The molecular weight excluding hydrogens is 487 g/mol. The van der Waals surface area contributed by atoms with E-state index in [-0.39, 0.29) is 42.1 Å². The van der Waals surface area contributed by atoms with Crippen molar-refractivity contribution in [2.45, 2.75) is 13.2 Å². The van der Waals surface area contributed by atoms with Crippen LogP contribution in [0.5, 0.6) is 0 Å². The number of fused-ring (bicyclic) bond motifs is 1. The zero-order chi connectivity index (χ0) is 22.7. The molecule has 0 aliphatic rings. The summed E-state index contributed by atoms with van der Waals surface area (Å²) < 4.78 is 23.4. The van der Waals surface area contributed by atoms with Crippen LogP contribution in [0.1, 0.15) is 21.5 Å². The molecule has 1 heterocycles. The monoisotopic (exact) mass is 509 g/mol. The molecule has 0 aliphatic heterocycles. The minimum Gasteiger partial charge on any atom is -0.437 e. The van der Waals surface area contributed by atoms with E-state index in [0.717, 1.165) is 4.47 Å². The maximum atomic E-state index is 15.4. The van der Waals surface area contributed by atoms with Gasteiger partial charge in [0.25, 0.3) is 0 Å². The Bertz CT molecular complexity index is 1110. The van der Waals surface area contributed by atoms with Crippen LogP contribution < -0.4 is 0 Å². The number of nitrogens with zero attached hydrogens (tertiary/aromatic N) is 3. The lowest BCUT2D eigenvalue weighted by Gasteiger charge is -2.17. The number of carbonyl (C=O) groups excluding carboxylic acids is 1. The number of aryl methyl sites for hydroxylation is 1. The summed E-state index contributed by atoms with van der Waals surface area (Å²) in [4.78, 5) is 18.8. The van der Waals surface area contributed by atoms with E-state index in [2.05, 4.69) is 20.9 Å². The van der Waals surface area contributed by atoms with Gasteiger partial charge in [0.15, 0.2) is 11.6 Å². The first kappa shape index (κ1) is 23.9. The number of ether oxygens (including phenoxy) is 1. The maximum absolute atomic E-state index is 15.4. The number of halogens is 3. The molecule has 3 aromatic rings. The fourth-order valence-electron chi connectivity index (χ4n) is 3.18. The molecule has 6 nitrogen and oxygen atoms in total. The van der Waals surface area contributed by atoms with Crippen molar-refractivity contribution >= 4 is 51.4 Å². The van der Waals surface area contributed by atoms with Gasteiger partial charge in [-0.05, 0) is 37.6 Å². The lowest BCUT2D eigenvalue weighted by Crippen LogP contribution is -2.36. The highest BCUT2D eigenvalue weighted by atomic mass is 79.9. The molecule has 0 fully saturated rings. The average Bonchev–Trinajstić information content (AvgIpc) is 3.09. The van der Waals surface area contributed by atoms with Gasteiger partial charge in [0.05, 0.1) is 18.5 Å². The molecule has 1 aromatic heterocycles. The predicted octanol–water partition coefficient (Wildman–Crippen LogP) is 3.96. The number of likely N-dealkylation sites (N-methyl/N-ethyl adjacent to an activating group) is 1. The van der Waals surface area contributed by atoms with Crippen LogP contribution in [0.25, 0.3) is 11.0 Å². The third kappa shape index (κ3) is 5.53. The lowest BCUT2D eigenvalue weighted by atomic mass is 9.86. The summed E-state index contributed by atoms with van der Waals surface area (Å²) in [5.74, 6) is -0.862. The van der Waals surface area contributed by atoms with Crippen molar-refractivity contribution in [2.75, 3.05) is 26.8 Å². The van der Waals surface area contributed by atoms with E-state index in [1.54, 1.807) is 48.5 Å². The van der Waals surface area contributed by atoms with E-state index in [0.29, 0.717) is 22.6 Å². The molecule has 0 amide bonds. The normalized spacial score (nSPS) is 11.5. The Labute approximate surface area is 194 Å².